The molecule has 0 spiro atoms. The second kappa shape index (κ2) is 3.81. The molecule has 0 atom stereocenters. The van der Waals surface area contributed by atoms with E-state index >= 15 is 0 Å². The van der Waals surface area contributed by atoms with Gasteiger partial charge in [-0.3, -0.25) is 9.30 Å². The summed E-state index contributed by atoms with van der Waals surface area (Å²) < 4.78 is 2.09. The van der Waals surface area contributed by atoms with Gasteiger partial charge in [-0.15, -0.1) is 0 Å². The molecule has 5 heteroatoms. The Kier molecular flexibility index (Phi) is 2.38. The molecule has 3 rings (SSSR count). The fourth-order valence-electron chi connectivity index (χ4n) is 2.59. The number of nitrogens with two attached hydrogens (primary N) is 1. The Morgan fingerprint density at radius 1 is 1.33 bits per heavy atom. The van der Waals surface area contributed by atoms with Crippen molar-refractivity contribution in [2.45, 2.75) is 13.8 Å². The number of imidazole rings is 1. The summed E-state index contributed by atoms with van der Waals surface area (Å²) in [5.74, 6) is 1.50. The van der Waals surface area contributed by atoms with Crippen LogP contribution in [0.5, 0.6) is 0 Å². The van der Waals surface area contributed by atoms with E-state index in [4.69, 9.17) is 5.73 Å². The Labute approximate surface area is 106 Å². The van der Waals surface area contributed by atoms with Crippen molar-refractivity contribution >= 4 is 17.4 Å². The van der Waals surface area contributed by atoms with E-state index in [2.05, 4.69) is 32.4 Å². The van der Waals surface area contributed by atoms with E-state index in [1.807, 2.05) is 20.0 Å². The zero-order valence-corrected chi connectivity index (χ0v) is 10.9. The number of nitrogen functional groups attached to an aromatic ring is 1. The molecular formula is C13H17N5. The van der Waals surface area contributed by atoms with Gasteiger partial charge in [0.05, 0.1) is 17.6 Å². The summed E-state index contributed by atoms with van der Waals surface area (Å²) in [5, 5.41) is 0. The molecule has 1 aliphatic heterocycles. The summed E-state index contributed by atoms with van der Waals surface area (Å²) in [5.41, 5.74) is 10.3. The highest BCUT2D eigenvalue weighted by molar-refractivity contribution is 5.71. The van der Waals surface area contributed by atoms with Gasteiger partial charge < -0.3 is 5.73 Å². The molecule has 0 aromatic carbocycles. The number of anilines is 1. The van der Waals surface area contributed by atoms with Gasteiger partial charge in [0.2, 0.25) is 0 Å². The molecule has 1 saturated heterocycles. The first-order valence-corrected chi connectivity index (χ1v) is 6.04. The SMILES string of the molecule is Cc1nc(C)n2c(C=C3CN(C)C3)cnc(N)c12. The molecule has 1 fully saturated rings. The molecule has 2 aromatic rings. The van der Waals surface area contributed by atoms with Gasteiger partial charge in [-0.05, 0) is 32.5 Å². The summed E-state index contributed by atoms with van der Waals surface area (Å²) in [6.45, 7) is 6.01. The zero-order valence-electron chi connectivity index (χ0n) is 10.9. The molecule has 94 valence electrons. The van der Waals surface area contributed by atoms with Crippen LogP contribution in [0.4, 0.5) is 5.82 Å². The maximum atomic E-state index is 5.94. The van der Waals surface area contributed by atoms with Gasteiger partial charge >= 0.3 is 0 Å². The minimum Gasteiger partial charge on any atom is -0.382 e. The third-order valence-corrected chi connectivity index (χ3v) is 3.35. The highest BCUT2D eigenvalue weighted by Crippen LogP contribution is 2.22. The predicted molar refractivity (Wildman–Crippen MR) is 72.3 cm³/mol. The van der Waals surface area contributed by atoms with Crippen molar-refractivity contribution in [3.05, 3.63) is 29.0 Å². The largest absolute Gasteiger partial charge is 0.382 e. The van der Waals surface area contributed by atoms with Crippen molar-refractivity contribution in [1.29, 1.82) is 0 Å². The van der Waals surface area contributed by atoms with Crippen LogP contribution >= 0.6 is 0 Å². The minimum atomic E-state index is 0.543. The van der Waals surface area contributed by atoms with E-state index in [0.717, 1.165) is 35.8 Å². The lowest BCUT2D eigenvalue weighted by atomic mass is 10.1. The van der Waals surface area contributed by atoms with Gasteiger partial charge in [0.25, 0.3) is 0 Å². The van der Waals surface area contributed by atoms with Gasteiger partial charge in [-0.2, -0.15) is 0 Å². The summed E-state index contributed by atoms with van der Waals surface area (Å²) in [6.07, 6.45) is 4.01. The van der Waals surface area contributed by atoms with Gasteiger partial charge in [-0.1, -0.05) is 0 Å². The molecule has 0 bridgehead atoms. The molecule has 1 aliphatic rings. The van der Waals surface area contributed by atoms with E-state index in [1.54, 1.807) is 0 Å². The third-order valence-electron chi connectivity index (χ3n) is 3.35. The predicted octanol–water partition coefficient (Wildman–Crippen LogP) is 1.26. The Hall–Kier alpha value is -1.88. The van der Waals surface area contributed by atoms with Crippen molar-refractivity contribution in [2.75, 3.05) is 25.9 Å². The Bertz CT molecular complexity index is 645. The molecule has 0 radical (unpaired) electrons. The zero-order chi connectivity index (χ0) is 12.9. The summed E-state index contributed by atoms with van der Waals surface area (Å²) in [6, 6.07) is 0. The molecule has 2 N–H and O–H groups in total. The van der Waals surface area contributed by atoms with Gasteiger partial charge in [0, 0.05) is 13.1 Å². The van der Waals surface area contributed by atoms with Gasteiger partial charge in [0.15, 0.2) is 0 Å². The molecule has 0 unspecified atom stereocenters. The average Bonchev–Trinajstić information content (AvgIpc) is 2.57. The van der Waals surface area contributed by atoms with Crippen LogP contribution < -0.4 is 5.73 Å². The first-order chi connectivity index (χ1) is 8.56. The molecule has 0 amide bonds. The summed E-state index contributed by atoms with van der Waals surface area (Å²) in [7, 11) is 2.11. The molecule has 3 heterocycles. The van der Waals surface area contributed by atoms with Crippen LogP contribution in [-0.2, 0) is 0 Å². The van der Waals surface area contributed by atoms with Crippen molar-refractivity contribution in [3.63, 3.8) is 0 Å². The molecule has 0 saturated carbocycles. The number of likely N-dealkylation sites (tertiary alicyclic amines) is 1. The van der Waals surface area contributed by atoms with E-state index in [0.29, 0.717) is 5.82 Å². The van der Waals surface area contributed by atoms with Crippen molar-refractivity contribution < 1.29 is 0 Å². The highest BCUT2D eigenvalue weighted by Gasteiger charge is 2.17. The van der Waals surface area contributed by atoms with Gasteiger partial charge in [0.1, 0.15) is 17.2 Å². The quantitative estimate of drug-likeness (QED) is 0.819. The Balaban J connectivity index is 2.19. The van der Waals surface area contributed by atoms with Crippen molar-refractivity contribution in [1.82, 2.24) is 19.3 Å². The maximum absolute atomic E-state index is 5.94. The second-order valence-electron chi connectivity index (χ2n) is 4.97. The summed E-state index contributed by atoms with van der Waals surface area (Å²) >= 11 is 0. The lowest BCUT2D eigenvalue weighted by Gasteiger charge is -2.29. The van der Waals surface area contributed by atoms with Crippen molar-refractivity contribution in [3.8, 4) is 0 Å². The second-order valence-corrected chi connectivity index (χ2v) is 4.97. The number of hydrogen-bond acceptors (Lipinski definition) is 4. The number of aryl methyl sites for hydroxylation is 2. The van der Waals surface area contributed by atoms with Crippen LogP contribution in [0, 0.1) is 13.8 Å². The van der Waals surface area contributed by atoms with Crippen LogP contribution in [-0.4, -0.2) is 39.4 Å². The van der Waals surface area contributed by atoms with Crippen molar-refractivity contribution in [2.24, 2.45) is 0 Å². The molecule has 5 nitrogen and oxygen atoms in total. The molecule has 0 aliphatic carbocycles. The highest BCUT2D eigenvalue weighted by atomic mass is 15.1. The van der Waals surface area contributed by atoms with Crippen LogP contribution in [0.15, 0.2) is 11.8 Å². The minimum absolute atomic E-state index is 0.543. The van der Waals surface area contributed by atoms with E-state index in [-0.39, 0.29) is 0 Å². The number of nitrogens with zero attached hydrogens (tertiary/aromatic N) is 4. The standard InChI is InChI=1S/C13H17N5/c1-8-12-13(14)15-5-11(18(12)9(2)16-8)4-10-6-17(3)7-10/h4-5H,6-7H2,1-3H3,(H2,14,15). The number of fused-ring (bicyclic) bond motifs is 1. The Morgan fingerprint density at radius 3 is 2.72 bits per heavy atom. The number of hydrogen-bond donors (Lipinski definition) is 1. The number of aromatic nitrogens is 3. The fourth-order valence-corrected chi connectivity index (χ4v) is 2.59. The lowest BCUT2D eigenvalue weighted by molar-refractivity contribution is 0.312. The fraction of sp³-hybridized carbons (Fsp3) is 0.385. The van der Waals surface area contributed by atoms with E-state index in [9.17, 15) is 0 Å². The lowest BCUT2D eigenvalue weighted by Crippen LogP contribution is -2.36. The first-order valence-electron chi connectivity index (χ1n) is 6.04. The van der Waals surface area contributed by atoms with E-state index < -0.39 is 0 Å². The molecular weight excluding hydrogens is 226 g/mol. The van der Waals surface area contributed by atoms with Gasteiger partial charge in [-0.25, -0.2) is 9.97 Å². The monoisotopic (exact) mass is 243 g/mol. The Morgan fingerprint density at radius 2 is 2.06 bits per heavy atom. The molecule has 18 heavy (non-hydrogen) atoms. The van der Waals surface area contributed by atoms with Crippen LogP contribution in [0.3, 0.4) is 0 Å². The number of rotatable bonds is 1. The van der Waals surface area contributed by atoms with E-state index in [1.165, 1.54) is 5.57 Å². The maximum Gasteiger partial charge on any atom is 0.149 e. The molecule has 2 aromatic heterocycles. The normalized spacial score (nSPS) is 16.1. The third kappa shape index (κ3) is 1.59. The smallest absolute Gasteiger partial charge is 0.149 e. The topological polar surface area (TPSA) is 59.5 Å². The van der Waals surface area contributed by atoms with Crippen LogP contribution in [0.25, 0.3) is 11.6 Å². The number of likely N-dealkylation sites (N-methyl/N-ethyl adjacent to an activating group) is 1. The summed E-state index contributed by atoms with van der Waals surface area (Å²) in [4.78, 5) is 11.0. The van der Waals surface area contributed by atoms with Crippen LogP contribution in [0.2, 0.25) is 0 Å². The van der Waals surface area contributed by atoms with Crippen LogP contribution in [0.1, 0.15) is 17.2 Å². The average molecular weight is 243 g/mol. The first kappa shape index (κ1) is 11.2.